The van der Waals surface area contributed by atoms with Crippen molar-refractivity contribution in [1.29, 1.82) is 0 Å². The van der Waals surface area contributed by atoms with Gasteiger partial charge in [-0.2, -0.15) is 9.78 Å². The summed E-state index contributed by atoms with van der Waals surface area (Å²) < 4.78 is 16.0. The fourth-order valence-electron chi connectivity index (χ4n) is 3.49. The summed E-state index contributed by atoms with van der Waals surface area (Å²) in [6, 6.07) is 6.68. The number of nitrogens with zero attached hydrogens (tertiary/aromatic N) is 3. The van der Waals surface area contributed by atoms with Crippen LogP contribution < -0.4 is 14.4 Å². The SMILES string of the molecule is COc1ccc(C[NH+](C)Cn2nc(C3CC3)n(C3CC3)c2=S)cc1OC. The van der Waals surface area contributed by atoms with E-state index in [1.165, 1.54) is 42.0 Å². The number of quaternary nitrogens is 1. The molecule has 1 atom stereocenters. The maximum Gasteiger partial charge on any atom is 0.203 e. The predicted molar refractivity (Wildman–Crippen MR) is 101 cm³/mol. The number of aromatic nitrogens is 3. The molecule has 1 heterocycles. The fourth-order valence-corrected chi connectivity index (χ4v) is 3.83. The summed E-state index contributed by atoms with van der Waals surface area (Å²) in [5.74, 6) is 3.37. The zero-order valence-electron chi connectivity index (χ0n) is 15.7. The molecule has 0 bridgehead atoms. The summed E-state index contributed by atoms with van der Waals surface area (Å²) in [7, 11) is 5.50. The highest BCUT2D eigenvalue weighted by atomic mass is 32.1. The number of hydrogen-bond donors (Lipinski definition) is 1. The van der Waals surface area contributed by atoms with E-state index in [2.05, 4.69) is 17.7 Å². The Morgan fingerprint density at radius 1 is 1.15 bits per heavy atom. The number of rotatable bonds is 8. The van der Waals surface area contributed by atoms with E-state index < -0.39 is 0 Å². The van der Waals surface area contributed by atoms with Gasteiger partial charge in [0, 0.05) is 17.5 Å². The lowest BCUT2D eigenvalue weighted by Crippen LogP contribution is -3.07. The molecule has 1 unspecified atom stereocenters. The second-order valence-electron chi connectivity index (χ2n) is 7.50. The van der Waals surface area contributed by atoms with Gasteiger partial charge in [-0.3, -0.25) is 0 Å². The van der Waals surface area contributed by atoms with Crippen molar-refractivity contribution in [3.8, 4) is 11.5 Å². The number of methoxy groups -OCH3 is 2. The lowest BCUT2D eigenvalue weighted by atomic mass is 10.2. The van der Waals surface area contributed by atoms with E-state index in [1.807, 2.05) is 16.8 Å². The van der Waals surface area contributed by atoms with E-state index in [1.54, 1.807) is 14.2 Å². The van der Waals surface area contributed by atoms with Gasteiger partial charge in [-0.1, -0.05) is 0 Å². The molecule has 2 aromatic rings. The molecule has 1 aromatic heterocycles. The molecule has 4 rings (SSSR count). The quantitative estimate of drug-likeness (QED) is 0.720. The zero-order chi connectivity index (χ0) is 18.3. The summed E-state index contributed by atoms with van der Waals surface area (Å²) >= 11 is 5.75. The van der Waals surface area contributed by atoms with Crippen LogP contribution in [-0.2, 0) is 13.2 Å². The highest BCUT2D eigenvalue weighted by Crippen LogP contribution is 2.44. The van der Waals surface area contributed by atoms with Crippen LogP contribution in [0.2, 0.25) is 0 Å². The van der Waals surface area contributed by atoms with Crippen molar-refractivity contribution in [2.45, 2.75) is 50.9 Å². The Morgan fingerprint density at radius 3 is 2.50 bits per heavy atom. The van der Waals surface area contributed by atoms with Crippen LogP contribution in [0.25, 0.3) is 0 Å². The Balaban J connectivity index is 1.49. The highest BCUT2D eigenvalue weighted by molar-refractivity contribution is 7.71. The maximum atomic E-state index is 5.75. The van der Waals surface area contributed by atoms with Crippen molar-refractivity contribution in [2.24, 2.45) is 0 Å². The molecule has 2 aliphatic carbocycles. The van der Waals surface area contributed by atoms with Gasteiger partial charge in [0.2, 0.25) is 4.77 Å². The molecule has 7 heteroatoms. The van der Waals surface area contributed by atoms with Gasteiger partial charge in [0.1, 0.15) is 12.4 Å². The molecule has 26 heavy (non-hydrogen) atoms. The standard InChI is InChI=1S/C19H26N4O2S/c1-21(11-13-4-9-16(24-2)17(10-13)25-3)12-22-19(26)23(15-7-8-15)18(20-22)14-5-6-14/h4,9-10,14-15H,5-8,11-12H2,1-3H3/p+1. The summed E-state index contributed by atoms with van der Waals surface area (Å²) in [6.45, 7) is 1.64. The molecule has 6 nitrogen and oxygen atoms in total. The molecule has 0 saturated heterocycles. The third-order valence-electron chi connectivity index (χ3n) is 5.12. The van der Waals surface area contributed by atoms with E-state index in [9.17, 15) is 0 Å². The van der Waals surface area contributed by atoms with Crippen LogP contribution in [-0.4, -0.2) is 35.6 Å². The second-order valence-corrected chi connectivity index (χ2v) is 7.86. The van der Waals surface area contributed by atoms with Crippen molar-refractivity contribution < 1.29 is 14.4 Å². The largest absolute Gasteiger partial charge is 0.493 e. The molecule has 2 saturated carbocycles. The molecular weight excluding hydrogens is 348 g/mol. The highest BCUT2D eigenvalue weighted by Gasteiger charge is 2.36. The Morgan fingerprint density at radius 2 is 1.88 bits per heavy atom. The summed E-state index contributed by atoms with van der Waals surface area (Å²) in [6.07, 6.45) is 5.00. The Hall–Kier alpha value is -1.86. The maximum absolute atomic E-state index is 5.75. The van der Waals surface area contributed by atoms with E-state index in [0.717, 1.165) is 29.5 Å². The van der Waals surface area contributed by atoms with Gasteiger partial charge in [-0.15, -0.1) is 0 Å². The minimum absolute atomic E-state index is 0.595. The lowest BCUT2D eigenvalue weighted by molar-refractivity contribution is -0.917. The third kappa shape index (κ3) is 3.50. The van der Waals surface area contributed by atoms with Gasteiger partial charge in [0.15, 0.2) is 18.2 Å². The molecule has 0 radical (unpaired) electrons. The van der Waals surface area contributed by atoms with Crippen LogP contribution >= 0.6 is 12.2 Å². The minimum atomic E-state index is 0.595. The van der Waals surface area contributed by atoms with Crippen molar-refractivity contribution in [2.75, 3.05) is 21.3 Å². The van der Waals surface area contributed by atoms with Crippen molar-refractivity contribution in [3.63, 3.8) is 0 Å². The average molecular weight is 376 g/mol. The summed E-state index contributed by atoms with van der Waals surface area (Å²) in [5, 5.41) is 4.89. The first-order valence-corrected chi connectivity index (χ1v) is 9.73. The number of nitrogens with one attached hydrogen (secondary N) is 1. The van der Waals surface area contributed by atoms with Gasteiger partial charge < -0.3 is 18.9 Å². The molecule has 0 aliphatic heterocycles. The Labute approximate surface area is 159 Å². The van der Waals surface area contributed by atoms with Gasteiger partial charge >= 0.3 is 0 Å². The minimum Gasteiger partial charge on any atom is -0.493 e. The van der Waals surface area contributed by atoms with E-state index in [-0.39, 0.29) is 0 Å². The zero-order valence-corrected chi connectivity index (χ0v) is 16.5. The van der Waals surface area contributed by atoms with Crippen molar-refractivity contribution in [3.05, 3.63) is 34.4 Å². The number of hydrogen-bond acceptors (Lipinski definition) is 4. The summed E-state index contributed by atoms with van der Waals surface area (Å²) in [5.41, 5.74) is 1.20. The predicted octanol–water partition coefficient (Wildman–Crippen LogP) is 2.32. The van der Waals surface area contributed by atoms with Crippen LogP contribution in [0.5, 0.6) is 11.5 Å². The fraction of sp³-hybridized carbons (Fsp3) is 0.579. The number of ether oxygens (including phenoxy) is 2. The van der Waals surface area contributed by atoms with Gasteiger partial charge in [0.25, 0.3) is 0 Å². The lowest BCUT2D eigenvalue weighted by Gasteiger charge is -2.15. The third-order valence-corrected chi connectivity index (χ3v) is 5.53. The van der Waals surface area contributed by atoms with Crippen LogP contribution in [0.15, 0.2) is 18.2 Å². The van der Waals surface area contributed by atoms with Gasteiger partial charge in [-0.05, 0) is 56.1 Å². The number of benzene rings is 1. The first kappa shape index (κ1) is 17.5. The van der Waals surface area contributed by atoms with E-state index in [4.69, 9.17) is 26.8 Å². The average Bonchev–Trinajstić information content (AvgIpc) is 3.54. The molecule has 1 N–H and O–H groups in total. The first-order valence-electron chi connectivity index (χ1n) is 9.32. The molecule has 0 amide bonds. The smallest absolute Gasteiger partial charge is 0.203 e. The van der Waals surface area contributed by atoms with Crippen LogP contribution in [0.3, 0.4) is 0 Å². The molecule has 140 valence electrons. The first-order chi connectivity index (χ1) is 12.6. The Bertz CT molecular complexity index is 852. The molecule has 2 fully saturated rings. The van der Waals surface area contributed by atoms with Crippen LogP contribution in [0.4, 0.5) is 0 Å². The molecule has 2 aliphatic rings. The van der Waals surface area contributed by atoms with Crippen molar-refractivity contribution in [1.82, 2.24) is 14.3 Å². The molecule has 0 spiro atoms. The van der Waals surface area contributed by atoms with E-state index >= 15 is 0 Å². The van der Waals surface area contributed by atoms with Crippen molar-refractivity contribution >= 4 is 12.2 Å². The Kier molecular flexibility index (Phi) is 4.75. The molecular formula is C19H27N4O2S+. The van der Waals surface area contributed by atoms with Gasteiger partial charge in [0.05, 0.1) is 21.3 Å². The topological polar surface area (TPSA) is 45.7 Å². The van der Waals surface area contributed by atoms with E-state index in [0.29, 0.717) is 12.0 Å². The normalized spacial score (nSPS) is 18.0. The monoisotopic (exact) mass is 375 g/mol. The van der Waals surface area contributed by atoms with Gasteiger partial charge in [-0.25, -0.2) is 0 Å². The summed E-state index contributed by atoms with van der Waals surface area (Å²) in [4.78, 5) is 1.33. The second kappa shape index (κ2) is 7.04. The van der Waals surface area contributed by atoms with Crippen LogP contribution in [0.1, 0.15) is 49.0 Å². The molecule has 1 aromatic carbocycles. The van der Waals surface area contributed by atoms with Crippen LogP contribution in [0, 0.1) is 4.77 Å².